The van der Waals surface area contributed by atoms with Crippen LogP contribution in [0.3, 0.4) is 0 Å². The van der Waals surface area contributed by atoms with Crippen molar-refractivity contribution < 1.29 is 4.43 Å². The lowest BCUT2D eigenvalue weighted by atomic mass is 9.85. The van der Waals surface area contributed by atoms with Crippen LogP contribution in [0.1, 0.15) is 16.7 Å². The van der Waals surface area contributed by atoms with Gasteiger partial charge in [0.05, 0.1) is 0 Å². The molecule has 0 amide bonds. The molecule has 0 aromatic heterocycles. The van der Waals surface area contributed by atoms with Crippen LogP contribution in [0.25, 0.3) is 6.08 Å². The fraction of sp³-hybridized carbons (Fsp3) is 0.167. The van der Waals surface area contributed by atoms with E-state index in [0.29, 0.717) is 0 Å². The van der Waals surface area contributed by atoms with Crippen molar-refractivity contribution in [1.82, 2.24) is 0 Å². The van der Waals surface area contributed by atoms with Gasteiger partial charge in [-0.2, -0.15) is 0 Å². The average Bonchev–Trinajstić information content (AvgIpc) is 2.66. The van der Waals surface area contributed by atoms with Gasteiger partial charge in [0.15, 0.2) is 8.32 Å². The lowest BCUT2D eigenvalue weighted by molar-refractivity contribution is 0.156. The van der Waals surface area contributed by atoms with Crippen molar-refractivity contribution in [2.45, 2.75) is 25.2 Å². The number of benzene rings is 3. The lowest BCUT2D eigenvalue weighted by Gasteiger charge is -2.38. The van der Waals surface area contributed by atoms with Crippen LogP contribution < -0.4 is 0 Å². The molecule has 3 rings (SSSR count). The molecule has 3 aromatic carbocycles. The molecule has 0 atom stereocenters. The van der Waals surface area contributed by atoms with Gasteiger partial charge in [-0.25, -0.2) is 0 Å². The van der Waals surface area contributed by atoms with E-state index in [4.69, 9.17) is 4.43 Å². The molecule has 26 heavy (non-hydrogen) atoms. The normalized spacial score (nSPS) is 12.4. The zero-order chi connectivity index (χ0) is 18.5. The quantitative estimate of drug-likeness (QED) is 0.457. The molecular formula is C24H26OSi. The van der Waals surface area contributed by atoms with Gasteiger partial charge < -0.3 is 4.43 Å². The average molecular weight is 359 g/mol. The third kappa shape index (κ3) is 4.40. The van der Waals surface area contributed by atoms with Crippen LogP contribution in [0.5, 0.6) is 0 Å². The Morgan fingerprint density at radius 2 is 1.08 bits per heavy atom. The SMILES string of the molecule is C[Si](C)(C)OC(/C=C/c1ccccc1)(c1ccccc1)c1ccccc1. The number of hydrogen-bond acceptors (Lipinski definition) is 1. The van der Waals surface area contributed by atoms with E-state index in [2.05, 4.69) is 117 Å². The molecule has 0 N–H and O–H groups in total. The van der Waals surface area contributed by atoms with E-state index >= 15 is 0 Å². The van der Waals surface area contributed by atoms with Crippen molar-refractivity contribution in [3.05, 3.63) is 114 Å². The second-order valence-electron chi connectivity index (χ2n) is 7.43. The summed E-state index contributed by atoms with van der Waals surface area (Å²) in [6.45, 7) is 6.72. The summed E-state index contributed by atoms with van der Waals surface area (Å²) in [4.78, 5) is 0. The van der Waals surface area contributed by atoms with E-state index in [-0.39, 0.29) is 0 Å². The molecule has 3 aromatic rings. The Kier molecular flexibility index (Phi) is 5.55. The van der Waals surface area contributed by atoms with Gasteiger partial charge in [0.1, 0.15) is 5.60 Å². The molecule has 0 heterocycles. The Labute approximate surface area is 158 Å². The summed E-state index contributed by atoms with van der Waals surface area (Å²) in [6, 6.07) is 31.4. The third-order valence-corrected chi connectivity index (χ3v) is 5.12. The first-order valence-corrected chi connectivity index (χ1v) is 12.5. The molecular weight excluding hydrogens is 332 g/mol. The van der Waals surface area contributed by atoms with Crippen molar-refractivity contribution in [1.29, 1.82) is 0 Å². The van der Waals surface area contributed by atoms with Crippen LogP contribution in [0, 0.1) is 0 Å². The van der Waals surface area contributed by atoms with Gasteiger partial charge >= 0.3 is 0 Å². The van der Waals surface area contributed by atoms with Gasteiger partial charge in [-0.1, -0.05) is 97.1 Å². The van der Waals surface area contributed by atoms with Crippen molar-refractivity contribution >= 4 is 14.4 Å². The second-order valence-corrected chi connectivity index (χ2v) is 11.9. The highest BCUT2D eigenvalue weighted by Crippen LogP contribution is 2.38. The molecule has 0 bridgehead atoms. The first kappa shape index (κ1) is 18.4. The zero-order valence-electron chi connectivity index (χ0n) is 15.7. The Morgan fingerprint density at radius 1 is 0.654 bits per heavy atom. The topological polar surface area (TPSA) is 9.23 Å². The van der Waals surface area contributed by atoms with Crippen molar-refractivity contribution in [2.24, 2.45) is 0 Å². The number of hydrogen-bond donors (Lipinski definition) is 0. The summed E-state index contributed by atoms with van der Waals surface area (Å²) >= 11 is 0. The minimum absolute atomic E-state index is 0.594. The van der Waals surface area contributed by atoms with Crippen molar-refractivity contribution in [2.75, 3.05) is 0 Å². The van der Waals surface area contributed by atoms with Crippen molar-refractivity contribution in [3.63, 3.8) is 0 Å². The molecule has 0 aliphatic carbocycles. The van der Waals surface area contributed by atoms with Crippen LogP contribution in [-0.4, -0.2) is 8.32 Å². The van der Waals surface area contributed by atoms with Gasteiger partial charge in [0, 0.05) is 0 Å². The Hall–Kier alpha value is -2.42. The van der Waals surface area contributed by atoms with Gasteiger partial charge in [0.2, 0.25) is 0 Å². The Morgan fingerprint density at radius 3 is 1.50 bits per heavy atom. The smallest absolute Gasteiger partial charge is 0.185 e. The van der Waals surface area contributed by atoms with Crippen LogP contribution in [0.2, 0.25) is 19.6 Å². The fourth-order valence-electron chi connectivity index (χ4n) is 3.14. The Balaban J connectivity index is 2.19. The summed E-state index contributed by atoms with van der Waals surface area (Å²) in [7, 11) is -1.85. The van der Waals surface area contributed by atoms with Gasteiger partial charge in [-0.15, -0.1) is 0 Å². The van der Waals surface area contributed by atoms with Gasteiger partial charge in [0.25, 0.3) is 0 Å². The summed E-state index contributed by atoms with van der Waals surface area (Å²) < 4.78 is 6.87. The van der Waals surface area contributed by atoms with E-state index in [1.807, 2.05) is 6.07 Å². The molecule has 2 heteroatoms. The molecule has 0 unspecified atom stereocenters. The Bertz CT molecular complexity index is 794. The van der Waals surface area contributed by atoms with E-state index in [1.165, 1.54) is 5.56 Å². The van der Waals surface area contributed by atoms with Gasteiger partial charge in [-0.05, 0) is 42.4 Å². The summed E-state index contributed by atoms with van der Waals surface area (Å²) in [5.41, 5.74) is 2.88. The minimum Gasteiger partial charge on any atom is -0.401 e. The largest absolute Gasteiger partial charge is 0.401 e. The molecule has 1 nitrogen and oxygen atoms in total. The fourth-order valence-corrected chi connectivity index (χ4v) is 4.41. The highest BCUT2D eigenvalue weighted by molar-refractivity contribution is 6.69. The molecule has 0 fully saturated rings. The minimum atomic E-state index is -1.85. The first-order chi connectivity index (χ1) is 12.5. The van der Waals surface area contributed by atoms with E-state index < -0.39 is 13.9 Å². The predicted octanol–water partition coefficient (Wildman–Crippen LogP) is 6.50. The van der Waals surface area contributed by atoms with Crippen LogP contribution in [0.4, 0.5) is 0 Å². The maximum atomic E-state index is 6.87. The molecule has 0 radical (unpaired) electrons. The molecule has 0 saturated carbocycles. The van der Waals surface area contributed by atoms with Crippen LogP contribution >= 0.6 is 0 Å². The van der Waals surface area contributed by atoms with E-state index in [9.17, 15) is 0 Å². The molecule has 0 saturated heterocycles. The molecule has 132 valence electrons. The van der Waals surface area contributed by atoms with Crippen LogP contribution in [-0.2, 0) is 10.0 Å². The second kappa shape index (κ2) is 7.86. The van der Waals surface area contributed by atoms with Crippen LogP contribution in [0.15, 0.2) is 97.1 Å². The zero-order valence-corrected chi connectivity index (χ0v) is 16.7. The van der Waals surface area contributed by atoms with E-state index in [1.54, 1.807) is 0 Å². The van der Waals surface area contributed by atoms with Crippen molar-refractivity contribution in [3.8, 4) is 0 Å². The highest BCUT2D eigenvalue weighted by atomic mass is 28.4. The molecule has 0 aliphatic heterocycles. The summed E-state index contributed by atoms with van der Waals surface area (Å²) in [5, 5.41) is 0. The first-order valence-electron chi connectivity index (χ1n) is 9.05. The van der Waals surface area contributed by atoms with Gasteiger partial charge in [-0.3, -0.25) is 0 Å². The molecule has 0 spiro atoms. The number of rotatable bonds is 6. The monoisotopic (exact) mass is 358 g/mol. The highest BCUT2D eigenvalue weighted by Gasteiger charge is 2.37. The maximum absolute atomic E-state index is 6.87. The predicted molar refractivity (Wildman–Crippen MR) is 114 cm³/mol. The molecule has 0 aliphatic rings. The third-order valence-electron chi connectivity index (χ3n) is 4.18. The summed E-state index contributed by atoms with van der Waals surface area (Å²) in [6.07, 6.45) is 4.38. The summed E-state index contributed by atoms with van der Waals surface area (Å²) in [5.74, 6) is 0. The maximum Gasteiger partial charge on any atom is 0.185 e. The lowest BCUT2D eigenvalue weighted by Crippen LogP contribution is -2.40. The van der Waals surface area contributed by atoms with E-state index in [0.717, 1.165) is 11.1 Å². The standard InChI is InChI=1S/C24H26OSi/c1-26(2,3)25-24(22-15-9-5-10-16-22,23-17-11-6-12-18-23)20-19-21-13-7-4-8-14-21/h4-20H,1-3H3/b20-19+.